The largest absolute Gasteiger partial charge is 0.496 e. The topological polar surface area (TPSA) is 35.5 Å². The lowest BCUT2D eigenvalue weighted by Gasteiger charge is -2.13. The summed E-state index contributed by atoms with van der Waals surface area (Å²) in [4.78, 5) is 12.4. The minimum absolute atomic E-state index is 0.0260. The summed E-state index contributed by atoms with van der Waals surface area (Å²) in [7, 11) is 1.64. The van der Waals surface area contributed by atoms with Crippen LogP contribution in [0, 0.1) is 6.92 Å². The van der Waals surface area contributed by atoms with Crippen molar-refractivity contribution in [1.82, 2.24) is 0 Å². The van der Waals surface area contributed by atoms with E-state index in [9.17, 15) is 4.79 Å². The van der Waals surface area contributed by atoms with Crippen molar-refractivity contribution in [2.45, 2.75) is 20.0 Å². The minimum atomic E-state index is -0.0260. The van der Waals surface area contributed by atoms with E-state index in [1.54, 1.807) is 13.2 Å². The Morgan fingerprint density at radius 3 is 2.47 bits per heavy atom. The number of aryl methyl sites for hydroxylation is 1. The quantitative estimate of drug-likeness (QED) is 0.244. The molecule has 0 saturated carbocycles. The molecule has 3 heteroatoms. The average molecular weight is 399 g/mol. The van der Waals surface area contributed by atoms with Crippen LogP contribution in [0.15, 0.2) is 85.5 Å². The number of ether oxygens (including phenoxy) is 2. The van der Waals surface area contributed by atoms with Gasteiger partial charge in [0.25, 0.3) is 0 Å². The lowest BCUT2D eigenvalue weighted by molar-refractivity contribution is 0.104. The maximum atomic E-state index is 12.4. The fourth-order valence-electron chi connectivity index (χ4n) is 3.13. The fraction of sp³-hybridized carbons (Fsp3) is 0.148. The van der Waals surface area contributed by atoms with Gasteiger partial charge >= 0.3 is 0 Å². The number of carbonyl (C=O) groups excluding carboxylic acids is 1. The Labute approximate surface area is 178 Å². The summed E-state index contributed by atoms with van der Waals surface area (Å²) in [5, 5.41) is 0. The molecular formula is C27H26O3. The maximum Gasteiger partial charge on any atom is 0.185 e. The van der Waals surface area contributed by atoms with Crippen LogP contribution >= 0.6 is 0 Å². The Hall–Kier alpha value is -3.59. The van der Waals surface area contributed by atoms with E-state index in [4.69, 9.17) is 9.47 Å². The zero-order valence-electron chi connectivity index (χ0n) is 17.4. The Morgan fingerprint density at radius 1 is 0.967 bits per heavy atom. The zero-order chi connectivity index (χ0) is 21.3. The molecule has 3 aromatic rings. The van der Waals surface area contributed by atoms with Crippen molar-refractivity contribution in [3.8, 4) is 11.5 Å². The summed E-state index contributed by atoms with van der Waals surface area (Å²) in [6.45, 7) is 6.17. The number of methoxy groups -OCH3 is 1. The summed E-state index contributed by atoms with van der Waals surface area (Å²) in [5.74, 6) is 1.55. The normalized spacial score (nSPS) is 10.7. The van der Waals surface area contributed by atoms with Gasteiger partial charge in [0.15, 0.2) is 5.78 Å². The smallest absolute Gasteiger partial charge is 0.185 e. The first kappa shape index (κ1) is 21.1. The predicted molar refractivity (Wildman–Crippen MR) is 122 cm³/mol. The summed E-state index contributed by atoms with van der Waals surface area (Å²) in [6, 6.07) is 21.3. The van der Waals surface area contributed by atoms with E-state index in [2.05, 4.69) is 6.58 Å². The monoisotopic (exact) mass is 398 g/mol. The molecule has 0 aliphatic rings. The van der Waals surface area contributed by atoms with Gasteiger partial charge in [0, 0.05) is 11.1 Å². The molecule has 0 heterocycles. The number of ketones is 1. The first-order valence-electron chi connectivity index (χ1n) is 9.88. The van der Waals surface area contributed by atoms with E-state index < -0.39 is 0 Å². The molecule has 0 saturated heterocycles. The van der Waals surface area contributed by atoms with Crippen molar-refractivity contribution in [1.29, 1.82) is 0 Å². The van der Waals surface area contributed by atoms with E-state index >= 15 is 0 Å². The van der Waals surface area contributed by atoms with Crippen LogP contribution in [0.3, 0.4) is 0 Å². The third-order valence-electron chi connectivity index (χ3n) is 4.79. The highest BCUT2D eigenvalue weighted by Gasteiger charge is 2.08. The summed E-state index contributed by atoms with van der Waals surface area (Å²) >= 11 is 0. The number of para-hydroxylation sites is 1. The molecule has 3 nitrogen and oxygen atoms in total. The molecule has 30 heavy (non-hydrogen) atoms. The van der Waals surface area contributed by atoms with Crippen molar-refractivity contribution in [2.75, 3.05) is 7.11 Å². The molecule has 0 spiro atoms. The summed E-state index contributed by atoms with van der Waals surface area (Å²) < 4.78 is 11.5. The van der Waals surface area contributed by atoms with E-state index in [0.29, 0.717) is 12.2 Å². The van der Waals surface area contributed by atoms with Crippen LogP contribution < -0.4 is 9.47 Å². The molecule has 0 aliphatic heterocycles. The van der Waals surface area contributed by atoms with E-state index in [1.165, 1.54) is 0 Å². The predicted octanol–water partition coefficient (Wildman–Crippen LogP) is 6.21. The van der Waals surface area contributed by atoms with Crippen molar-refractivity contribution in [3.05, 3.63) is 113 Å². The number of rotatable bonds is 9. The van der Waals surface area contributed by atoms with Crippen molar-refractivity contribution in [3.63, 3.8) is 0 Å². The molecule has 0 aromatic heterocycles. The molecule has 3 rings (SSSR count). The van der Waals surface area contributed by atoms with Gasteiger partial charge in [-0.2, -0.15) is 0 Å². The number of allylic oxidation sites excluding steroid dienone is 2. The lowest BCUT2D eigenvalue weighted by Crippen LogP contribution is -2.01. The van der Waals surface area contributed by atoms with Crippen LogP contribution in [0.5, 0.6) is 11.5 Å². The Balaban J connectivity index is 1.76. The molecule has 0 amide bonds. The van der Waals surface area contributed by atoms with E-state index in [-0.39, 0.29) is 5.78 Å². The van der Waals surface area contributed by atoms with Crippen LogP contribution in [-0.4, -0.2) is 12.9 Å². The second-order valence-electron chi connectivity index (χ2n) is 7.02. The lowest BCUT2D eigenvalue weighted by atomic mass is 10.1. The van der Waals surface area contributed by atoms with Gasteiger partial charge in [-0.1, -0.05) is 66.2 Å². The number of hydrogen-bond acceptors (Lipinski definition) is 3. The molecule has 0 radical (unpaired) electrons. The van der Waals surface area contributed by atoms with Crippen LogP contribution in [0.4, 0.5) is 0 Å². The fourth-order valence-corrected chi connectivity index (χ4v) is 3.13. The molecule has 0 unspecified atom stereocenters. The Morgan fingerprint density at radius 2 is 1.73 bits per heavy atom. The van der Waals surface area contributed by atoms with Gasteiger partial charge in [0.1, 0.15) is 18.1 Å². The van der Waals surface area contributed by atoms with Gasteiger partial charge < -0.3 is 9.47 Å². The van der Waals surface area contributed by atoms with Crippen LogP contribution in [0.25, 0.3) is 6.08 Å². The molecule has 0 fully saturated rings. The molecule has 3 aromatic carbocycles. The van der Waals surface area contributed by atoms with Gasteiger partial charge in [-0.25, -0.2) is 0 Å². The van der Waals surface area contributed by atoms with E-state index in [1.807, 2.05) is 85.8 Å². The second kappa shape index (κ2) is 10.3. The molecule has 0 N–H and O–H groups in total. The molecule has 0 atom stereocenters. The molecule has 0 aliphatic carbocycles. The zero-order valence-corrected chi connectivity index (χ0v) is 17.4. The van der Waals surface area contributed by atoms with Crippen molar-refractivity contribution < 1.29 is 14.3 Å². The number of carbonyl (C=O) groups is 1. The van der Waals surface area contributed by atoms with Gasteiger partial charge in [0.05, 0.1) is 7.11 Å². The molecule has 152 valence electrons. The first-order chi connectivity index (χ1) is 14.6. The van der Waals surface area contributed by atoms with Crippen molar-refractivity contribution in [2.24, 2.45) is 0 Å². The van der Waals surface area contributed by atoms with Gasteiger partial charge in [-0.3, -0.25) is 4.79 Å². The van der Waals surface area contributed by atoms with Crippen molar-refractivity contribution >= 4 is 11.9 Å². The Bertz CT molecular complexity index is 1050. The van der Waals surface area contributed by atoms with Crippen LogP contribution in [-0.2, 0) is 13.0 Å². The van der Waals surface area contributed by atoms with E-state index in [0.717, 1.165) is 40.2 Å². The molecular weight excluding hydrogens is 372 g/mol. The standard InChI is InChI=1S/C27H26O3/c1-4-7-23-8-5-6-9-27(23)30-19-24-18-21(13-17-26(24)29-3)12-16-25(28)22-14-10-20(2)11-15-22/h4-6,8-18H,1,7,19H2,2-3H3/b16-12+. The highest BCUT2D eigenvalue weighted by molar-refractivity contribution is 6.06. The second-order valence-corrected chi connectivity index (χ2v) is 7.02. The first-order valence-corrected chi connectivity index (χ1v) is 9.88. The van der Waals surface area contributed by atoms with Gasteiger partial charge in [0.2, 0.25) is 0 Å². The summed E-state index contributed by atoms with van der Waals surface area (Å²) in [5.41, 5.74) is 4.72. The number of hydrogen-bond donors (Lipinski definition) is 0. The Kier molecular flexibility index (Phi) is 7.23. The maximum absolute atomic E-state index is 12.4. The highest BCUT2D eigenvalue weighted by Crippen LogP contribution is 2.25. The average Bonchev–Trinajstić information content (AvgIpc) is 2.77. The van der Waals surface area contributed by atoms with Crippen LogP contribution in [0.2, 0.25) is 0 Å². The minimum Gasteiger partial charge on any atom is -0.496 e. The highest BCUT2D eigenvalue weighted by atomic mass is 16.5. The van der Waals surface area contributed by atoms with Gasteiger partial charge in [-0.15, -0.1) is 6.58 Å². The molecule has 0 bridgehead atoms. The third kappa shape index (κ3) is 5.48. The van der Waals surface area contributed by atoms with Crippen LogP contribution in [0.1, 0.15) is 32.6 Å². The number of benzene rings is 3. The third-order valence-corrected chi connectivity index (χ3v) is 4.79. The summed E-state index contributed by atoms with van der Waals surface area (Å²) in [6.07, 6.45) is 6.02. The van der Waals surface area contributed by atoms with Gasteiger partial charge in [-0.05, 0) is 48.7 Å². The SMILES string of the molecule is C=CCc1ccccc1OCc1cc(/C=C/C(=O)c2ccc(C)cc2)ccc1OC.